The van der Waals surface area contributed by atoms with Crippen molar-refractivity contribution in [3.8, 4) is 0 Å². The number of aryl methyl sites for hydroxylation is 1. The maximum Gasteiger partial charge on any atom is 0.192 e. The van der Waals surface area contributed by atoms with Crippen molar-refractivity contribution < 1.29 is 4.74 Å². The molecule has 3 aromatic rings. The molecule has 0 amide bonds. The quantitative estimate of drug-likeness (QED) is 0.189. The van der Waals surface area contributed by atoms with Gasteiger partial charge >= 0.3 is 0 Å². The SMILES string of the molecule is Cc1nnc(CN=C(NCCOCc2ccccc2)NC(C)c2ccccc2)n1C.I. The normalized spacial score (nSPS) is 12.2. The van der Waals surface area contributed by atoms with Crippen LogP contribution in [0, 0.1) is 6.92 Å². The lowest BCUT2D eigenvalue weighted by Gasteiger charge is -2.19. The van der Waals surface area contributed by atoms with Crippen LogP contribution in [0.5, 0.6) is 0 Å². The molecule has 1 heterocycles. The van der Waals surface area contributed by atoms with Crippen LogP contribution in [-0.2, 0) is 24.9 Å². The number of hydrogen-bond acceptors (Lipinski definition) is 4. The highest BCUT2D eigenvalue weighted by Crippen LogP contribution is 2.11. The van der Waals surface area contributed by atoms with E-state index in [2.05, 4.69) is 52.0 Å². The van der Waals surface area contributed by atoms with Crippen molar-refractivity contribution in [1.82, 2.24) is 25.4 Å². The first kappa shape index (κ1) is 24.8. The number of nitrogens with zero attached hydrogens (tertiary/aromatic N) is 4. The molecule has 1 unspecified atom stereocenters. The Bertz CT molecular complexity index is 930. The average molecular weight is 534 g/mol. The van der Waals surface area contributed by atoms with E-state index < -0.39 is 0 Å². The molecule has 8 heteroatoms. The summed E-state index contributed by atoms with van der Waals surface area (Å²) in [5.41, 5.74) is 2.36. The average Bonchev–Trinajstić information content (AvgIpc) is 3.10. The van der Waals surface area contributed by atoms with Crippen molar-refractivity contribution in [1.29, 1.82) is 0 Å². The van der Waals surface area contributed by atoms with Crippen LogP contribution < -0.4 is 10.6 Å². The number of rotatable bonds is 9. The summed E-state index contributed by atoms with van der Waals surface area (Å²) in [4.78, 5) is 4.70. The van der Waals surface area contributed by atoms with E-state index >= 15 is 0 Å². The summed E-state index contributed by atoms with van der Waals surface area (Å²) in [6.07, 6.45) is 0. The molecule has 0 fully saturated rings. The molecule has 0 saturated heterocycles. The van der Waals surface area contributed by atoms with Crippen LogP contribution in [0.25, 0.3) is 0 Å². The maximum absolute atomic E-state index is 5.77. The van der Waals surface area contributed by atoms with E-state index in [0.717, 1.165) is 17.6 Å². The van der Waals surface area contributed by atoms with E-state index in [4.69, 9.17) is 9.73 Å². The third-order valence-electron chi connectivity index (χ3n) is 4.86. The number of ether oxygens (including phenoxy) is 1. The van der Waals surface area contributed by atoms with E-state index in [0.29, 0.717) is 26.3 Å². The van der Waals surface area contributed by atoms with Gasteiger partial charge in [-0.2, -0.15) is 0 Å². The molecule has 0 aliphatic carbocycles. The first-order valence-electron chi connectivity index (χ1n) is 10.2. The topological polar surface area (TPSA) is 76.4 Å². The molecule has 166 valence electrons. The summed E-state index contributed by atoms with van der Waals surface area (Å²) in [6, 6.07) is 20.6. The Hall–Kier alpha value is -2.46. The Morgan fingerprint density at radius 2 is 1.74 bits per heavy atom. The number of nitrogens with one attached hydrogen (secondary N) is 2. The van der Waals surface area contributed by atoms with Gasteiger partial charge in [-0.3, -0.25) is 0 Å². The third kappa shape index (κ3) is 7.95. The first-order chi connectivity index (χ1) is 14.6. The van der Waals surface area contributed by atoms with Gasteiger partial charge in [-0.1, -0.05) is 60.7 Å². The molecule has 31 heavy (non-hydrogen) atoms. The van der Waals surface area contributed by atoms with Gasteiger partial charge in [0.05, 0.1) is 19.3 Å². The van der Waals surface area contributed by atoms with E-state index in [1.165, 1.54) is 11.1 Å². The molecule has 0 saturated carbocycles. The summed E-state index contributed by atoms with van der Waals surface area (Å²) >= 11 is 0. The first-order valence-corrected chi connectivity index (χ1v) is 10.2. The van der Waals surface area contributed by atoms with E-state index in [1.807, 2.05) is 54.9 Å². The Morgan fingerprint density at radius 1 is 1.06 bits per heavy atom. The molecule has 0 aliphatic heterocycles. The van der Waals surface area contributed by atoms with Crippen LogP contribution in [0.2, 0.25) is 0 Å². The molecule has 1 aromatic heterocycles. The second kappa shape index (κ2) is 13.1. The van der Waals surface area contributed by atoms with Gasteiger partial charge in [0.15, 0.2) is 11.8 Å². The number of halogens is 1. The summed E-state index contributed by atoms with van der Waals surface area (Å²) < 4.78 is 7.72. The van der Waals surface area contributed by atoms with E-state index in [-0.39, 0.29) is 30.0 Å². The second-order valence-corrected chi connectivity index (χ2v) is 7.13. The van der Waals surface area contributed by atoms with Crippen molar-refractivity contribution in [3.05, 3.63) is 83.4 Å². The predicted molar refractivity (Wildman–Crippen MR) is 134 cm³/mol. The van der Waals surface area contributed by atoms with Gasteiger partial charge in [-0.15, -0.1) is 34.2 Å². The maximum atomic E-state index is 5.77. The van der Waals surface area contributed by atoms with Crippen molar-refractivity contribution >= 4 is 29.9 Å². The standard InChI is InChI=1S/C23H30N6O.HI/c1-18(21-12-8-5-9-13-21)26-23(25-16-22-28-27-19(2)29(22)3)24-14-15-30-17-20-10-6-4-7-11-20;/h4-13,18H,14-17H2,1-3H3,(H2,24,25,26);1H. The Kier molecular flexibility index (Phi) is 10.5. The minimum atomic E-state index is 0. The smallest absolute Gasteiger partial charge is 0.192 e. The monoisotopic (exact) mass is 534 g/mol. The van der Waals surface area contributed by atoms with Crippen LogP contribution >= 0.6 is 24.0 Å². The summed E-state index contributed by atoms with van der Waals surface area (Å²) in [7, 11) is 1.95. The summed E-state index contributed by atoms with van der Waals surface area (Å²) in [6.45, 7) is 6.32. The zero-order chi connectivity index (χ0) is 21.2. The van der Waals surface area contributed by atoms with Gasteiger partial charge < -0.3 is 19.9 Å². The lowest BCUT2D eigenvalue weighted by Crippen LogP contribution is -2.40. The van der Waals surface area contributed by atoms with Crippen molar-refractivity contribution in [2.24, 2.45) is 12.0 Å². The van der Waals surface area contributed by atoms with Crippen LogP contribution in [0.15, 0.2) is 65.7 Å². The molecule has 3 rings (SSSR count). The van der Waals surface area contributed by atoms with E-state index in [9.17, 15) is 0 Å². The lowest BCUT2D eigenvalue weighted by atomic mass is 10.1. The van der Waals surface area contributed by atoms with Gasteiger partial charge in [0, 0.05) is 13.6 Å². The second-order valence-electron chi connectivity index (χ2n) is 7.13. The predicted octanol–water partition coefficient (Wildman–Crippen LogP) is 3.75. The Morgan fingerprint density at radius 3 is 2.39 bits per heavy atom. The molecule has 0 bridgehead atoms. The zero-order valence-corrected chi connectivity index (χ0v) is 20.6. The molecule has 0 aliphatic rings. The molecule has 2 aromatic carbocycles. The molecule has 7 nitrogen and oxygen atoms in total. The Labute approximate surface area is 201 Å². The fourth-order valence-corrected chi connectivity index (χ4v) is 2.93. The Balaban J connectivity index is 0.00000341. The number of aromatic nitrogens is 3. The van der Waals surface area contributed by atoms with Crippen molar-refractivity contribution in [2.75, 3.05) is 13.2 Å². The molecular weight excluding hydrogens is 503 g/mol. The third-order valence-corrected chi connectivity index (χ3v) is 4.86. The number of aliphatic imine (C=N–C) groups is 1. The minimum Gasteiger partial charge on any atom is -0.375 e. The van der Waals surface area contributed by atoms with Gasteiger partial charge in [0.1, 0.15) is 12.4 Å². The van der Waals surface area contributed by atoms with Gasteiger partial charge in [-0.25, -0.2) is 4.99 Å². The highest BCUT2D eigenvalue weighted by atomic mass is 127. The van der Waals surface area contributed by atoms with Gasteiger partial charge in [0.25, 0.3) is 0 Å². The molecule has 2 N–H and O–H groups in total. The minimum absolute atomic E-state index is 0. The van der Waals surface area contributed by atoms with E-state index in [1.54, 1.807) is 0 Å². The number of guanidine groups is 1. The summed E-state index contributed by atoms with van der Waals surface area (Å²) in [5, 5.41) is 15.1. The number of benzene rings is 2. The highest BCUT2D eigenvalue weighted by Gasteiger charge is 2.09. The highest BCUT2D eigenvalue weighted by molar-refractivity contribution is 14.0. The van der Waals surface area contributed by atoms with Crippen LogP contribution in [0.4, 0.5) is 0 Å². The van der Waals surface area contributed by atoms with Crippen LogP contribution in [0.1, 0.15) is 35.7 Å². The van der Waals surface area contributed by atoms with Crippen molar-refractivity contribution in [3.63, 3.8) is 0 Å². The largest absolute Gasteiger partial charge is 0.375 e. The van der Waals surface area contributed by atoms with Gasteiger partial charge in [-0.05, 0) is 25.0 Å². The molecule has 1 atom stereocenters. The van der Waals surface area contributed by atoms with Crippen molar-refractivity contribution in [2.45, 2.75) is 33.0 Å². The fourth-order valence-electron chi connectivity index (χ4n) is 2.93. The number of hydrogen-bond donors (Lipinski definition) is 2. The summed E-state index contributed by atoms with van der Waals surface area (Å²) in [5.74, 6) is 2.41. The molecule has 0 spiro atoms. The molecular formula is C23H31IN6O. The zero-order valence-electron chi connectivity index (χ0n) is 18.3. The molecule has 0 radical (unpaired) electrons. The van der Waals surface area contributed by atoms with Gasteiger partial charge in [0.2, 0.25) is 0 Å². The van der Waals surface area contributed by atoms with Crippen LogP contribution in [-0.4, -0.2) is 33.9 Å². The fraction of sp³-hybridized carbons (Fsp3) is 0.348. The van der Waals surface area contributed by atoms with Crippen LogP contribution in [0.3, 0.4) is 0 Å². The lowest BCUT2D eigenvalue weighted by molar-refractivity contribution is 0.125.